The smallest absolute Gasteiger partial charge is 0.278 e. The lowest BCUT2D eigenvalue weighted by Gasteiger charge is -1.99. The van der Waals surface area contributed by atoms with Crippen molar-refractivity contribution >= 4 is 11.9 Å². The van der Waals surface area contributed by atoms with Crippen molar-refractivity contribution in [2.75, 3.05) is 7.11 Å². The first-order chi connectivity index (χ1) is 6.66. The minimum Gasteiger partial charge on any atom is -0.399 e. The Balaban J connectivity index is 3.22. The fraction of sp³-hybridized carbons (Fsp3) is 0.222. The normalized spacial score (nSPS) is 10.4. The summed E-state index contributed by atoms with van der Waals surface area (Å²) >= 11 is 0. The first kappa shape index (κ1) is 10.2. The van der Waals surface area contributed by atoms with Crippen LogP contribution in [0.15, 0.2) is 23.4 Å². The van der Waals surface area contributed by atoms with Crippen LogP contribution in [0.4, 0.5) is 5.69 Å². The summed E-state index contributed by atoms with van der Waals surface area (Å²) in [4.78, 5) is 14.7. The largest absolute Gasteiger partial charge is 0.399 e. The molecule has 0 saturated carbocycles. The molecule has 0 aliphatic carbocycles. The zero-order valence-electron chi connectivity index (χ0n) is 7.93. The topological polar surface area (TPSA) is 64.7 Å². The third-order valence-electron chi connectivity index (χ3n) is 1.79. The van der Waals surface area contributed by atoms with Gasteiger partial charge in [0.15, 0.2) is 0 Å². The SMILES string of the molecule is CO/N=C/c1c(C)cccc1[N+](=O)[O-]. The first-order valence-electron chi connectivity index (χ1n) is 3.97. The van der Waals surface area contributed by atoms with Crippen LogP contribution in [0.5, 0.6) is 0 Å². The second kappa shape index (κ2) is 4.36. The van der Waals surface area contributed by atoms with E-state index < -0.39 is 4.92 Å². The molecule has 74 valence electrons. The van der Waals surface area contributed by atoms with Gasteiger partial charge in [0.25, 0.3) is 5.69 Å². The molecule has 0 aliphatic rings. The molecule has 1 aromatic carbocycles. The molecule has 14 heavy (non-hydrogen) atoms. The highest BCUT2D eigenvalue weighted by atomic mass is 16.6. The molecule has 1 rings (SSSR count). The number of nitro benzene ring substituents is 1. The van der Waals surface area contributed by atoms with Crippen LogP contribution < -0.4 is 0 Å². The molecule has 0 bridgehead atoms. The van der Waals surface area contributed by atoms with Gasteiger partial charge in [-0.3, -0.25) is 10.1 Å². The van der Waals surface area contributed by atoms with Crippen LogP contribution in [-0.4, -0.2) is 18.2 Å². The van der Waals surface area contributed by atoms with Crippen LogP contribution >= 0.6 is 0 Å². The minimum absolute atomic E-state index is 0.0331. The van der Waals surface area contributed by atoms with Gasteiger partial charge < -0.3 is 4.84 Å². The third kappa shape index (κ3) is 2.07. The second-order valence-corrected chi connectivity index (χ2v) is 2.68. The molecule has 0 aromatic heterocycles. The number of oxime groups is 1. The summed E-state index contributed by atoms with van der Waals surface area (Å²) in [5, 5.41) is 14.2. The monoisotopic (exact) mass is 194 g/mol. The van der Waals surface area contributed by atoms with E-state index in [1.807, 2.05) is 0 Å². The van der Waals surface area contributed by atoms with Gasteiger partial charge in [-0.1, -0.05) is 17.3 Å². The summed E-state index contributed by atoms with van der Waals surface area (Å²) in [6, 6.07) is 4.85. The van der Waals surface area contributed by atoms with E-state index in [1.54, 1.807) is 19.1 Å². The Morgan fingerprint density at radius 1 is 1.57 bits per heavy atom. The summed E-state index contributed by atoms with van der Waals surface area (Å²) in [7, 11) is 1.39. The van der Waals surface area contributed by atoms with Crippen LogP contribution in [0.25, 0.3) is 0 Å². The van der Waals surface area contributed by atoms with Crippen molar-refractivity contribution in [2.24, 2.45) is 5.16 Å². The van der Waals surface area contributed by atoms with E-state index in [4.69, 9.17) is 0 Å². The standard InChI is InChI=1S/C9H10N2O3/c1-7-4-3-5-9(11(12)13)8(7)6-10-14-2/h3-6H,1-2H3/b10-6+. The van der Waals surface area contributed by atoms with Gasteiger partial charge in [0.1, 0.15) is 7.11 Å². The van der Waals surface area contributed by atoms with Gasteiger partial charge in [0.05, 0.1) is 16.7 Å². The van der Waals surface area contributed by atoms with Crippen LogP contribution in [0.3, 0.4) is 0 Å². The molecule has 0 atom stereocenters. The van der Waals surface area contributed by atoms with Gasteiger partial charge in [-0.15, -0.1) is 0 Å². The van der Waals surface area contributed by atoms with Gasteiger partial charge >= 0.3 is 0 Å². The van der Waals surface area contributed by atoms with Gasteiger partial charge in [-0.2, -0.15) is 0 Å². The van der Waals surface area contributed by atoms with E-state index in [2.05, 4.69) is 9.99 Å². The average Bonchev–Trinajstić information content (AvgIpc) is 2.15. The minimum atomic E-state index is -0.440. The number of benzene rings is 1. The van der Waals surface area contributed by atoms with Crippen molar-refractivity contribution in [2.45, 2.75) is 6.92 Å². The average molecular weight is 194 g/mol. The Bertz CT molecular complexity index is 374. The molecule has 5 heteroatoms. The molecule has 0 unspecified atom stereocenters. The summed E-state index contributed by atoms with van der Waals surface area (Å²) in [5.41, 5.74) is 1.30. The molecular formula is C9H10N2O3. The molecule has 0 fully saturated rings. The van der Waals surface area contributed by atoms with Gasteiger partial charge in [-0.25, -0.2) is 0 Å². The summed E-state index contributed by atoms with van der Waals surface area (Å²) in [6.45, 7) is 1.78. The van der Waals surface area contributed by atoms with Crippen molar-refractivity contribution < 1.29 is 9.76 Å². The summed E-state index contributed by atoms with van der Waals surface area (Å²) in [5.74, 6) is 0. The van der Waals surface area contributed by atoms with E-state index >= 15 is 0 Å². The van der Waals surface area contributed by atoms with Crippen LogP contribution in [0, 0.1) is 17.0 Å². The van der Waals surface area contributed by atoms with E-state index in [1.165, 1.54) is 19.4 Å². The molecule has 5 nitrogen and oxygen atoms in total. The lowest BCUT2D eigenvalue weighted by atomic mass is 10.1. The van der Waals surface area contributed by atoms with Crippen molar-refractivity contribution in [3.05, 3.63) is 39.4 Å². The Morgan fingerprint density at radius 2 is 2.29 bits per heavy atom. The van der Waals surface area contributed by atoms with Crippen LogP contribution in [0.1, 0.15) is 11.1 Å². The van der Waals surface area contributed by atoms with Crippen LogP contribution in [0.2, 0.25) is 0 Å². The Hall–Kier alpha value is -1.91. The lowest BCUT2D eigenvalue weighted by molar-refractivity contribution is -0.385. The number of hydrogen-bond acceptors (Lipinski definition) is 4. The first-order valence-corrected chi connectivity index (χ1v) is 3.97. The van der Waals surface area contributed by atoms with Crippen LogP contribution in [-0.2, 0) is 4.84 Å². The molecule has 0 heterocycles. The fourth-order valence-corrected chi connectivity index (χ4v) is 1.10. The van der Waals surface area contributed by atoms with E-state index in [0.717, 1.165) is 5.56 Å². The predicted molar refractivity (Wildman–Crippen MR) is 52.4 cm³/mol. The Kier molecular flexibility index (Phi) is 3.17. The lowest BCUT2D eigenvalue weighted by Crippen LogP contribution is -1.97. The molecule has 0 radical (unpaired) electrons. The third-order valence-corrected chi connectivity index (χ3v) is 1.79. The molecule has 1 aromatic rings. The van der Waals surface area contributed by atoms with Gasteiger partial charge in [0.2, 0.25) is 0 Å². The van der Waals surface area contributed by atoms with Gasteiger partial charge in [-0.05, 0) is 12.5 Å². The maximum atomic E-state index is 10.6. The maximum absolute atomic E-state index is 10.6. The Labute approximate surface area is 81.1 Å². The van der Waals surface area contributed by atoms with Crippen molar-refractivity contribution in [1.29, 1.82) is 0 Å². The van der Waals surface area contributed by atoms with E-state index in [9.17, 15) is 10.1 Å². The number of nitro groups is 1. The summed E-state index contributed by atoms with van der Waals surface area (Å²) in [6.07, 6.45) is 1.34. The number of hydrogen-bond donors (Lipinski definition) is 0. The highest BCUT2D eigenvalue weighted by Gasteiger charge is 2.13. The zero-order valence-corrected chi connectivity index (χ0v) is 7.93. The number of aryl methyl sites for hydroxylation is 1. The predicted octanol–water partition coefficient (Wildman–Crippen LogP) is 1.88. The molecule has 0 amide bonds. The molecule has 0 spiro atoms. The Morgan fingerprint density at radius 3 is 2.86 bits per heavy atom. The molecular weight excluding hydrogens is 184 g/mol. The second-order valence-electron chi connectivity index (χ2n) is 2.68. The van der Waals surface area contributed by atoms with E-state index in [0.29, 0.717) is 5.56 Å². The highest BCUT2D eigenvalue weighted by Crippen LogP contribution is 2.19. The van der Waals surface area contributed by atoms with Crippen molar-refractivity contribution in [3.8, 4) is 0 Å². The maximum Gasteiger partial charge on any atom is 0.278 e. The quantitative estimate of drug-likeness (QED) is 0.419. The van der Waals surface area contributed by atoms with E-state index in [-0.39, 0.29) is 5.69 Å². The fourth-order valence-electron chi connectivity index (χ4n) is 1.10. The van der Waals surface area contributed by atoms with Crippen molar-refractivity contribution in [3.63, 3.8) is 0 Å². The zero-order chi connectivity index (χ0) is 10.6. The number of nitrogens with zero attached hydrogens (tertiary/aromatic N) is 2. The highest BCUT2D eigenvalue weighted by molar-refractivity contribution is 5.86. The molecule has 0 saturated heterocycles. The molecule has 0 aliphatic heterocycles. The van der Waals surface area contributed by atoms with Crippen molar-refractivity contribution in [1.82, 2.24) is 0 Å². The van der Waals surface area contributed by atoms with Gasteiger partial charge in [0, 0.05) is 6.07 Å². The molecule has 0 N–H and O–H groups in total. The number of rotatable bonds is 3. The summed E-state index contributed by atoms with van der Waals surface area (Å²) < 4.78 is 0.